The summed E-state index contributed by atoms with van der Waals surface area (Å²) in [5, 5.41) is 2.55. The van der Waals surface area contributed by atoms with Crippen LogP contribution in [0, 0.1) is 5.82 Å². The Labute approximate surface area is 134 Å². The van der Waals surface area contributed by atoms with Crippen LogP contribution in [0.4, 0.5) is 15.8 Å². The number of amides is 1. The molecule has 1 heterocycles. The van der Waals surface area contributed by atoms with Crippen LogP contribution in [-0.2, 0) is 14.8 Å². The maximum absolute atomic E-state index is 14.0. The quantitative estimate of drug-likeness (QED) is 0.905. The topological polar surface area (TPSA) is 79.4 Å². The van der Waals surface area contributed by atoms with Crippen LogP contribution in [0.5, 0.6) is 0 Å². The third kappa shape index (κ3) is 4.04. The average molecular weight is 337 g/mol. The van der Waals surface area contributed by atoms with Crippen LogP contribution in [0.3, 0.4) is 0 Å². The number of sulfonamides is 1. The lowest BCUT2D eigenvalue weighted by atomic mass is 10.2. The van der Waals surface area contributed by atoms with Gasteiger partial charge in [-0.3, -0.25) is 14.1 Å². The molecule has 0 saturated carbocycles. The highest BCUT2D eigenvalue weighted by atomic mass is 32.2. The maximum atomic E-state index is 14.0. The largest absolute Gasteiger partial charge is 0.323 e. The molecular formula is C15H16FN3O3S. The van der Waals surface area contributed by atoms with Crippen LogP contribution in [-0.4, -0.2) is 31.6 Å². The van der Waals surface area contributed by atoms with E-state index in [4.69, 9.17) is 0 Å². The predicted octanol–water partition coefficient (Wildman–Crippen LogP) is 2.01. The van der Waals surface area contributed by atoms with Gasteiger partial charge in [-0.15, -0.1) is 0 Å². The van der Waals surface area contributed by atoms with Crippen molar-refractivity contribution in [3.63, 3.8) is 0 Å². The van der Waals surface area contributed by atoms with Crippen LogP contribution in [0.2, 0.25) is 0 Å². The van der Waals surface area contributed by atoms with Gasteiger partial charge in [-0.1, -0.05) is 12.1 Å². The predicted molar refractivity (Wildman–Crippen MR) is 86.1 cm³/mol. The van der Waals surface area contributed by atoms with Gasteiger partial charge in [-0.05, 0) is 31.2 Å². The molecule has 0 fully saturated rings. The zero-order valence-corrected chi connectivity index (χ0v) is 13.4. The van der Waals surface area contributed by atoms with Crippen molar-refractivity contribution in [1.29, 1.82) is 0 Å². The average Bonchev–Trinajstić information content (AvgIpc) is 2.49. The number of hydrogen-bond acceptors (Lipinski definition) is 4. The van der Waals surface area contributed by atoms with E-state index in [2.05, 4.69) is 10.3 Å². The minimum absolute atomic E-state index is 0.177. The van der Waals surface area contributed by atoms with Gasteiger partial charge in [0.25, 0.3) is 0 Å². The van der Waals surface area contributed by atoms with Gasteiger partial charge < -0.3 is 5.32 Å². The molecule has 1 aromatic heterocycles. The number of nitrogens with zero attached hydrogens (tertiary/aromatic N) is 2. The zero-order valence-electron chi connectivity index (χ0n) is 12.6. The van der Waals surface area contributed by atoms with E-state index in [-0.39, 0.29) is 5.69 Å². The summed E-state index contributed by atoms with van der Waals surface area (Å²) in [6.45, 7) is 1.39. The number of para-hydroxylation sites is 1. The van der Waals surface area contributed by atoms with Crippen LogP contribution >= 0.6 is 0 Å². The fourth-order valence-electron chi connectivity index (χ4n) is 2.09. The molecule has 1 aromatic carbocycles. The number of carbonyl (C=O) groups excluding carboxylic acids is 1. The van der Waals surface area contributed by atoms with Crippen LogP contribution in [0.1, 0.15) is 6.92 Å². The first-order valence-corrected chi connectivity index (χ1v) is 8.60. The molecule has 0 bridgehead atoms. The smallest absolute Gasteiger partial charge is 0.248 e. The Morgan fingerprint density at radius 2 is 1.96 bits per heavy atom. The highest BCUT2D eigenvalue weighted by Crippen LogP contribution is 2.24. The molecule has 0 aliphatic heterocycles. The summed E-state index contributed by atoms with van der Waals surface area (Å²) in [6.07, 6.45) is 3.90. The monoisotopic (exact) mass is 337 g/mol. The number of benzene rings is 1. The Morgan fingerprint density at radius 1 is 1.26 bits per heavy atom. The van der Waals surface area contributed by atoms with Gasteiger partial charge in [0.05, 0.1) is 23.8 Å². The fraction of sp³-hybridized carbons (Fsp3) is 0.200. The fourth-order valence-corrected chi connectivity index (χ4v) is 3.27. The molecule has 1 N–H and O–H groups in total. The van der Waals surface area contributed by atoms with Crippen molar-refractivity contribution < 1.29 is 17.6 Å². The molecule has 0 spiro atoms. The highest BCUT2D eigenvalue weighted by molar-refractivity contribution is 7.92. The number of anilines is 2. The lowest BCUT2D eigenvalue weighted by Gasteiger charge is -2.28. The van der Waals surface area contributed by atoms with E-state index < -0.39 is 27.8 Å². The van der Waals surface area contributed by atoms with Crippen molar-refractivity contribution in [3.8, 4) is 0 Å². The third-order valence-electron chi connectivity index (χ3n) is 3.11. The summed E-state index contributed by atoms with van der Waals surface area (Å²) in [7, 11) is -3.86. The van der Waals surface area contributed by atoms with Gasteiger partial charge in [0.15, 0.2) is 0 Å². The number of pyridine rings is 1. The first-order chi connectivity index (χ1) is 10.8. The van der Waals surface area contributed by atoms with Crippen LogP contribution in [0.15, 0.2) is 48.8 Å². The molecule has 6 nitrogen and oxygen atoms in total. The number of aromatic nitrogens is 1. The molecule has 1 amide bonds. The summed E-state index contributed by atoms with van der Waals surface area (Å²) >= 11 is 0. The number of rotatable bonds is 5. The molecule has 23 heavy (non-hydrogen) atoms. The zero-order chi connectivity index (χ0) is 17.0. The van der Waals surface area contributed by atoms with Gasteiger partial charge in [0.2, 0.25) is 15.9 Å². The van der Waals surface area contributed by atoms with E-state index in [1.807, 2.05) is 0 Å². The second-order valence-electron chi connectivity index (χ2n) is 4.92. The van der Waals surface area contributed by atoms with Gasteiger partial charge >= 0.3 is 0 Å². The standard InChI is InChI=1S/C15H16FN3O3S/c1-11(15(20)18-12-6-5-9-17-10-12)19(23(2,21)22)14-8-4-3-7-13(14)16/h3-11H,1-2H3,(H,18,20). The van der Waals surface area contributed by atoms with Crippen molar-refractivity contribution in [3.05, 3.63) is 54.6 Å². The first kappa shape index (κ1) is 16.9. The lowest BCUT2D eigenvalue weighted by Crippen LogP contribution is -2.45. The second kappa shape index (κ2) is 6.74. The van der Waals surface area contributed by atoms with Crippen molar-refractivity contribution in [2.45, 2.75) is 13.0 Å². The Balaban J connectivity index is 2.33. The molecular weight excluding hydrogens is 321 g/mol. The summed E-state index contributed by atoms with van der Waals surface area (Å²) < 4.78 is 38.8. The number of nitrogens with one attached hydrogen (secondary N) is 1. The van der Waals surface area contributed by atoms with E-state index in [9.17, 15) is 17.6 Å². The Kier molecular flexibility index (Phi) is 4.95. The molecule has 0 radical (unpaired) electrons. The SMILES string of the molecule is CC(C(=O)Nc1cccnc1)N(c1ccccc1F)S(C)(=O)=O. The first-order valence-electron chi connectivity index (χ1n) is 6.75. The van der Waals surface area contributed by atoms with E-state index in [1.165, 1.54) is 31.3 Å². The Morgan fingerprint density at radius 3 is 2.52 bits per heavy atom. The van der Waals surface area contributed by atoms with Crippen LogP contribution < -0.4 is 9.62 Å². The molecule has 0 aliphatic carbocycles. The van der Waals surface area contributed by atoms with Gasteiger partial charge in [-0.2, -0.15) is 0 Å². The Bertz CT molecular complexity index is 797. The molecule has 8 heteroatoms. The summed E-state index contributed by atoms with van der Waals surface area (Å²) in [6, 6.07) is 7.50. The Hall–Kier alpha value is -2.48. The van der Waals surface area contributed by atoms with Gasteiger partial charge in [0.1, 0.15) is 11.9 Å². The maximum Gasteiger partial charge on any atom is 0.248 e. The minimum Gasteiger partial charge on any atom is -0.323 e. The number of halogens is 1. The summed E-state index contributed by atoms with van der Waals surface area (Å²) in [5.74, 6) is -1.31. The number of hydrogen-bond donors (Lipinski definition) is 1. The molecule has 0 aliphatic rings. The third-order valence-corrected chi connectivity index (χ3v) is 4.33. The number of carbonyl (C=O) groups is 1. The van der Waals surface area contributed by atoms with Crippen molar-refractivity contribution in [1.82, 2.24) is 4.98 Å². The van der Waals surface area contributed by atoms with Gasteiger partial charge in [-0.25, -0.2) is 12.8 Å². The molecule has 0 saturated heterocycles. The highest BCUT2D eigenvalue weighted by Gasteiger charge is 2.30. The molecule has 2 aromatic rings. The van der Waals surface area contributed by atoms with Crippen LogP contribution in [0.25, 0.3) is 0 Å². The van der Waals surface area contributed by atoms with E-state index in [1.54, 1.807) is 18.3 Å². The van der Waals surface area contributed by atoms with E-state index in [0.717, 1.165) is 16.6 Å². The molecule has 1 atom stereocenters. The minimum atomic E-state index is -3.86. The lowest BCUT2D eigenvalue weighted by molar-refractivity contribution is -0.116. The molecule has 2 rings (SSSR count). The second-order valence-corrected chi connectivity index (χ2v) is 6.78. The summed E-state index contributed by atoms with van der Waals surface area (Å²) in [5.41, 5.74) is 0.246. The van der Waals surface area contributed by atoms with Gasteiger partial charge in [0, 0.05) is 6.20 Å². The van der Waals surface area contributed by atoms with E-state index in [0.29, 0.717) is 5.69 Å². The summed E-state index contributed by atoms with van der Waals surface area (Å²) in [4.78, 5) is 16.2. The van der Waals surface area contributed by atoms with Crippen molar-refractivity contribution in [2.75, 3.05) is 15.9 Å². The van der Waals surface area contributed by atoms with Crippen molar-refractivity contribution in [2.24, 2.45) is 0 Å². The van der Waals surface area contributed by atoms with E-state index >= 15 is 0 Å². The molecule has 1 unspecified atom stereocenters. The molecule has 122 valence electrons. The van der Waals surface area contributed by atoms with Crippen molar-refractivity contribution >= 4 is 27.3 Å². The normalized spacial score (nSPS) is 12.5.